The number of aliphatic hydroxyl groups is 2. The summed E-state index contributed by atoms with van der Waals surface area (Å²) >= 11 is 0. The van der Waals surface area contributed by atoms with E-state index in [1.807, 2.05) is 19.1 Å². The number of nitrogens with zero attached hydrogens (tertiary/aromatic N) is 3. The molecule has 0 radical (unpaired) electrons. The molecule has 1 amide bonds. The molecule has 3 aliphatic rings. The number of fused-ring (bicyclic) bond motifs is 2. The standard InChI is InChI=1S/C44H51N3O11/c1-4-23-54-44-40(46(3)43(51)57-32-17-15-31(16-18-32)47(52)53)27-38(45-55-5-2)36-25-30(12-6-8-21-48)35(14-7-9-22-49)41(42(36)44)37-26-34(19-20-39(37)58-44)56-33-13-10-11-29(24-33)28-50/h4,10-11,13,15-20,24-26,28,30,35,40-42,48-49H,1,5-9,12,14,21-23,27H2,2-3H3. The van der Waals surface area contributed by atoms with Crippen LogP contribution in [-0.4, -0.2) is 83.4 Å². The van der Waals surface area contributed by atoms with Gasteiger partial charge in [0.2, 0.25) is 5.79 Å². The van der Waals surface area contributed by atoms with Gasteiger partial charge in [0.25, 0.3) is 5.69 Å². The minimum Gasteiger partial charge on any atom is -0.459 e. The van der Waals surface area contributed by atoms with Crippen LogP contribution in [0.5, 0.6) is 23.0 Å². The number of amides is 1. The summed E-state index contributed by atoms with van der Waals surface area (Å²) < 4.78 is 26.1. The van der Waals surface area contributed by atoms with Gasteiger partial charge < -0.3 is 38.9 Å². The molecular weight excluding hydrogens is 746 g/mol. The number of benzene rings is 3. The highest BCUT2D eigenvalue weighted by molar-refractivity contribution is 6.03. The van der Waals surface area contributed by atoms with Crippen molar-refractivity contribution in [1.82, 2.24) is 4.90 Å². The largest absolute Gasteiger partial charge is 0.459 e. The van der Waals surface area contributed by atoms with E-state index in [2.05, 4.69) is 17.8 Å². The zero-order chi connectivity index (χ0) is 41.2. The Labute approximate surface area is 337 Å². The highest BCUT2D eigenvalue weighted by atomic mass is 16.7. The van der Waals surface area contributed by atoms with E-state index >= 15 is 0 Å². The van der Waals surface area contributed by atoms with E-state index in [4.69, 9.17) is 23.8 Å². The number of unbranched alkanes of at least 4 members (excludes halogenated alkanes) is 2. The molecule has 0 aromatic heterocycles. The summed E-state index contributed by atoms with van der Waals surface area (Å²) in [7, 11) is 1.60. The van der Waals surface area contributed by atoms with Crippen molar-refractivity contribution in [1.29, 1.82) is 0 Å². The number of allylic oxidation sites excluding steroid dienone is 1. The second-order valence-corrected chi connectivity index (χ2v) is 14.7. The summed E-state index contributed by atoms with van der Waals surface area (Å²) in [5.41, 5.74) is 2.70. The number of likely N-dealkylation sites (N-methyl/N-ethyl adjacent to an activating group) is 1. The van der Waals surface area contributed by atoms with Crippen LogP contribution in [0.3, 0.4) is 0 Å². The van der Waals surface area contributed by atoms with Gasteiger partial charge in [0.05, 0.1) is 23.2 Å². The molecule has 2 aliphatic carbocycles. The summed E-state index contributed by atoms with van der Waals surface area (Å²) in [6.07, 6.45) is 8.40. The van der Waals surface area contributed by atoms with E-state index < -0.39 is 28.8 Å². The van der Waals surface area contributed by atoms with Crippen LogP contribution >= 0.6 is 0 Å². The minimum atomic E-state index is -1.50. The van der Waals surface area contributed by atoms with Crippen LogP contribution in [0.15, 0.2) is 96.2 Å². The number of oxime groups is 1. The van der Waals surface area contributed by atoms with Gasteiger partial charge in [-0.3, -0.25) is 14.9 Å². The molecule has 1 saturated carbocycles. The molecule has 14 nitrogen and oxygen atoms in total. The van der Waals surface area contributed by atoms with Crippen LogP contribution in [0.2, 0.25) is 0 Å². The fraction of sp³-hybridized carbons (Fsp3) is 0.432. The van der Waals surface area contributed by atoms with E-state index in [0.717, 1.165) is 43.1 Å². The SMILES string of the molecule is C=CCOC12Oc3ccc(Oc4cccc(C=O)c4)cc3C3C(CCCCO)C(CCCCO)C=C(C(=NOCC)CC1N(C)C(=O)Oc1ccc([N+](=O)[O-])cc1)C32. The second kappa shape index (κ2) is 19.2. The highest BCUT2D eigenvalue weighted by Gasteiger charge is 2.65. The Hall–Kier alpha value is -5.57. The molecule has 1 fully saturated rings. The molecule has 2 N–H and O–H groups in total. The fourth-order valence-corrected chi connectivity index (χ4v) is 8.66. The van der Waals surface area contributed by atoms with Crippen LogP contribution in [0.25, 0.3) is 0 Å². The highest BCUT2D eigenvalue weighted by Crippen LogP contribution is 2.62. The van der Waals surface area contributed by atoms with Gasteiger partial charge >= 0.3 is 6.09 Å². The third-order valence-corrected chi connectivity index (χ3v) is 11.2. The first-order valence-electron chi connectivity index (χ1n) is 19.8. The number of rotatable bonds is 19. The van der Waals surface area contributed by atoms with Crippen molar-refractivity contribution in [3.63, 3.8) is 0 Å². The maximum Gasteiger partial charge on any atom is 0.415 e. The lowest BCUT2D eigenvalue weighted by atomic mass is 9.55. The summed E-state index contributed by atoms with van der Waals surface area (Å²) in [6.45, 7) is 6.29. The van der Waals surface area contributed by atoms with E-state index in [9.17, 15) is 29.9 Å². The van der Waals surface area contributed by atoms with Crippen LogP contribution in [-0.2, 0) is 9.57 Å². The lowest BCUT2D eigenvalue weighted by Crippen LogP contribution is -2.69. The lowest BCUT2D eigenvalue weighted by Gasteiger charge is -2.59. The first-order chi connectivity index (χ1) is 28.2. The number of aliphatic hydroxyl groups excluding tert-OH is 2. The topological polar surface area (TPSA) is 179 Å². The van der Waals surface area contributed by atoms with E-state index in [1.54, 1.807) is 43.5 Å². The van der Waals surface area contributed by atoms with E-state index in [-0.39, 0.29) is 55.4 Å². The van der Waals surface area contributed by atoms with Gasteiger partial charge in [0.1, 0.15) is 41.9 Å². The molecule has 0 saturated heterocycles. The summed E-state index contributed by atoms with van der Waals surface area (Å²) in [4.78, 5) is 43.6. The Morgan fingerprint density at radius 3 is 2.45 bits per heavy atom. The molecule has 6 rings (SSSR count). The molecule has 3 aromatic carbocycles. The summed E-state index contributed by atoms with van der Waals surface area (Å²) in [5.74, 6) is -0.627. The van der Waals surface area contributed by atoms with Gasteiger partial charge in [0, 0.05) is 55.9 Å². The maximum atomic E-state index is 14.1. The number of nitro groups is 1. The monoisotopic (exact) mass is 797 g/mol. The molecule has 1 heterocycles. The average molecular weight is 798 g/mol. The number of carbonyl (C=O) groups excluding carboxylic acids is 2. The van der Waals surface area contributed by atoms with Crippen molar-refractivity contribution >= 4 is 23.8 Å². The summed E-state index contributed by atoms with van der Waals surface area (Å²) in [5, 5.41) is 35.6. The zero-order valence-corrected chi connectivity index (χ0v) is 32.9. The number of non-ortho nitro benzene ring substituents is 1. The molecule has 6 atom stereocenters. The third kappa shape index (κ3) is 8.94. The quantitative estimate of drug-likeness (QED) is 0.0395. The predicted octanol–water partition coefficient (Wildman–Crippen LogP) is 7.98. The molecule has 3 aromatic rings. The number of ether oxygens (including phenoxy) is 4. The maximum absolute atomic E-state index is 14.1. The number of carbonyl (C=O) groups is 2. The van der Waals surface area contributed by atoms with Crippen molar-refractivity contribution < 1.29 is 48.5 Å². The van der Waals surface area contributed by atoms with Gasteiger partial charge in [-0.1, -0.05) is 42.3 Å². The first kappa shape index (κ1) is 42.0. The molecular formula is C44H51N3O11. The predicted molar refractivity (Wildman–Crippen MR) is 215 cm³/mol. The third-order valence-electron chi connectivity index (χ3n) is 11.2. The first-order valence-corrected chi connectivity index (χ1v) is 19.8. The van der Waals surface area contributed by atoms with Gasteiger partial charge in [-0.05, 0) is 92.5 Å². The Kier molecular flexibility index (Phi) is 14.0. The van der Waals surface area contributed by atoms with E-state index in [1.165, 1.54) is 29.2 Å². The van der Waals surface area contributed by atoms with Gasteiger partial charge in [-0.15, -0.1) is 6.58 Å². The van der Waals surface area contributed by atoms with Gasteiger partial charge in [-0.25, -0.2) is 4.79 Å². The second-order valence-electron chi connectivity index (χ2n) is 14.7. The molecule has 14 heteroatoms. The number of hydrogen-bond acceptors (Lipinski definition) is 12. The average Bonchev–Trinajstić information content (AvgIpc) is 3.23. The van der Waals surface area contributed by atoms with Crippen LogP contribution < -0.4 is 14.2 Å². The lowest BCUT2D eigenvalue weighted by molar-refractivity contribution is -0.384. The number of hydrogen-bond donors (Lipinski definition) is 2. The van der Waals surface area contributed by atoms with Crippen LogP contribution in [0.4, 0.5) is 10.5 Å². The minimum absolute atomic E-state index is 0.00792. The van der Waals surface area contributed by atoms with Gasteiger partial charge in [0.15, 0.2) is 0 Å². The normalized spacial score (nSPS) is 23.7. The molecule has 58 heavy (non-hydrogen) atoms. The Bertz CT molecular complexity index is 2000. The van der Waals surface area contributed by atoms with Gasteiger partial charge in [-0.2, -0.15) is 0 Å². The van der Waals surface area contributed by atoms with Crippen LogP contribution in [0, 0.1) is 27.9 Å². The van der Waals surface area contributed by atoms with Crippen molar-refractivity contribution in [3.05, 3.63) is 112 Å². The molecule has 1 aliphatic heterocycles. The Balaban J connectivity index is 1.52. The van der Waals surface area contributed by atoms with Crippen molar-refractivity contribution in [3.8, 4) is 23.0 Å². The smallest absolute Gasteiger partial charge is 0.415 e. The van der Waals surface area contributed by atoms with Crippen LogP contribution in [0.1, 0.15) is 73.7 Å². The Morgan fingerprint density at radius 2 is 1.76 bits per heavy atom. The van der Waals surface area contributed by atoms with Crippen molar-refractivity contribution in [2.45, 2.75) is 69.6 Å². The van der Waals surface area contributed by atoms with Crippen molar-refractivity contribution in [2.24, 2.45) is 22.9 Å². The Morgan fingerprint density at radius 1 is 1.03 bits per heavy atom. The molecule has 308 valence electrons. The van der Waals surface area contributed by atoms with Crippen molar-refractivity contribution in [2.75, 3.05) is 33.5 Å². The molecule has 0 spiro atoms. The number of aldehydes is 1. The zero-order valence-electron chi connectivity index (χ0n) is 32.9. The molecule has 0 bridgehead atoms. The summed E-state index contributed by atoms with van der Waals surface area (Å²) in [6, 6.07) is 16.9. The number of nitro benzene ring substituents is 1. The van der Waals surface area contributed by atoms with E-state index in [0.29, 0.717) is 48.0 Å². The fourth-order valence-electron chi connectivity index (χ4n) is 8.66. The molecule has 6 unspecified atom stereocenters.